The molecule has 2 aliphatic rings. The molecule has 2 heterocycles. The Bertz CT molecular complexity index is 1920. The summed E-state index contributed by atoms with van der Waals surface area (Å²) in [7, 11) is 0. The van der Waals surface area contributed by atoms with Crippen molar-refractivity contribution in [3.63, 3.8) is 0 Å². The largest absolute Gasteiger partial charge is 0.394 e. The monoisotopic (exact) mass is 1340 g/mol. The first-order valence-electron chi connectivity index (χ1n) is 39.3. The van der Waals surface area contributed by atoms with E-state index in [1.807, 2.05) is 6.08 Å². The fourth-order valence-electron chi connectivity index (χ4n) is 12.7. The number of hydrogen-bond donors (Lipinski definition) is 9. The van der Waals surface area contributed by atoms with Gasteiger partial charge in [-0.3, -0.25) is 4.79 Å². The maximum atomic E-state index is 13.4. The van der Waals surface area contributed by atoms with Crippen molar-refractivity contribution in [3.05, 3.63) is 85.1 Å². The van der Waals surface area contributed by atoms with Gasteiger partial charge in [-0.1, -0.05) is 336 Å². The van der Waals surface area contributed by atoms with Gasteiger partial charge in [0.15, 0.2) is 12.6 Å². The van der Waals surface area contributed by atoms with Crippen LogP contribution in [-0.4, -0.2) is 140 Å². The Hall–Kier alpha value is -2.83. The molecule has 2 aliphatic heterocycles. The first-order valence-corrected chi connectivity index (χ1v) is 39.3. The average Bonchev–Trinajstić information content (AvgIpc) is 0.800. The number of ether oxygens (including phenoxy) is 4. The number of allylic oxidation sites excluding steroid dienone is 13. The van der Waals surface area contributed by atoms with Crippen molar-refractivity contribution in [2.45, 2.75) is 402 Å². The van der Waals surface area contributed by atoms with Crippen LogP contribution < -0.4 is 5.32 Å². The molecule has 0 aromatic carbocycles. The molecule has 12 unspecified atom stereocenters. The molecule has 14 nitrogen and oxygen atoms in total. The molecule has 14 heteroatoms. The molecule has 0 aromatic rings. The molecule has 95 heavy (non-hydrogen) atoms. The summed E-state index contributed by atoms with van der Waals surface area (Å²) in [6, 6.07) is -0.920. The lowest BCUT2D eigenvalue weighted by atomic mass is 9.97. The van der Waals surface area contributed by atoms with Gasteiger partial charge in [-0.15, -0.1) is 0 Å². The summed E-state index contributed by atoms with van der Waals surface area (Å²) in [6.07, 6.45) is 73.6. The van der Waals surface area contributed by atoms with E-state index < -0.39 is 86.8 Å². The topological polar surface area (TPSA) is 228 Å². The lowest BCUT2D eigenvalue weighted by molar-refractivity contribution is -0.359. The summed E-state index contributed by atoms with van der Waals surface area (Å²) in [5, 5.41) is 87.7. The van der Waals surface area contributed by atoms with Crippen LogP contribution in [0.25, 0.3) is 0 Å². The van der Waals surface area contributed by atoms with Crippen molar-refractivity contribution in [3.8, 4) is 0 Å². The van der Waals surface area contributed by atoms with E-state index in [9.17, 15) is 45.6 Å². The van der Waals surface area contributed by atoms with Crippen LogP contribution in [0.1, 0.15) is 328 Å². The van der Waals surface area contributed by atoms with E-state index in [1.165, 1.54) is 225 Å². The van der Waals surface area contributed by atoms with Crippen LogP contribution in [0.3, 0.4) is 0 Å². The van der Waals surface area contributed by atoms with Gasteiger partial charge < -0.3 is 65.1 Å². The number of carbonyl (C=O) groups is 1. The second-order valence-electron chi connectivity index (χ2n) is 27.5. The van der Waals surface area contributed by atoms with E-state index in [0.717, 1.165) is 77.0 Å². The van der Waals surface area contributed by atoms with Crippen LogP contribution in [0.15, 0.2) is 85.1 Å². The number of rotatable bonds is 65. The van der Waals surface area contributed by atoms with E-state index >= 15 is 0 Å². The highest BCUT2D eigenvalue weighted by Crippen LogP contribution is 2.30. The average molecular weight is 1340 g/mol. The van der Waals surface area contributed by atoms with Gasteiger partial charge in [0.25, 0.3) is 0 Å². The maximum absolute atomic E-state index is 13.4. The van der Waals surface area contributed by atoms with Crippen LogP contribution in [0.4, 0.5) is 0 Å². The zero-order chi connectivity index (χ0) is 68.7. The first kappa shape index (κ1) is 88.3. The van der Waals surface area contributed by atoms with Crippen molar-refractivity contribution < 1.29 is 64.6 Å². The summed E-state index contributed by atoms with van der Waals surface area (Å²) in [5.74, 6) is -0.237. The highest BCUT2D eigenvalue weighted by Gasteiger charge is 2.51. The van der Waals surface area contributed by atoms with Gasteiger partial charge in [0.2, 0.25) is 5.91 Å². The fraction of sp³-hybridized carbons (Fsp3) is 0.815. The lowest BCUT2D eigenvalue weighted by Crippen LogP contribution is -2.65. The third kappa shape index (κ3) is 47.8. The van der Waals surface area contributed by atoms with Gasteiger partial charge in [-0.25, -0.2) is 0 Å². The molecule has 12 atom stereocenters. The fourth-order valence-corrected chi connectivity index (χ4v) is 12.7. The van der Waals surface area contributed by atoms with Crippen molar-refractivity contribution in [2.24, 2.45) is 0 Å². The van der Waals surface area contributed by atoms with Crippen LogP contribution in [0.2, 0.25) is 0 Å². The number of amides is 1. The molecule has 552 valence electrons. The van der Waals surface area contributed by atoms with Crippen molar-refractivity contribution in [2.75, 3.05) is 19.8 Å². The van der Waals surface area contributed by atoms with E-state index in [0.29, 0.717) is 6.42 Å². The molecule has 9 N–H and O–H groups in total. The second kappa shape index (κ2) is 64.5. The number of aliphatic hydroxyl groups is 8. The Morgan fingerprint density at radius 1 is 0.389 bits per heavy atom. The molecular weight excluding hydrogens is 1190 g/mol. The van der Waals surface area contributed by atoms with Crippen LogP contribution in [-0.2, 0) is 23.7 Å². The summed E-state index contributed by atoms with van der Waals surface area (Å²) < 4.78 is 22.9. The molecule has 2 fully saturated rings. The number of hydrogen-bond acceptors (Lipinski definition) is 13. The van der Waals surface area contributed by atoms with Gasteiger partial charge >= 0.3 is 0 Å². The Labute approximate surface area is 580 Å². The van der Waals surface area contributed by atoms with Crippen LogP contribution in [0, 0.1) is 0 Å². The third-order valence-electron chi connectivity index (χ3n) is 18.8. The Morgan fingerprint density at radius 3 is 1.12 bits per heavy atom. The van der Waals surface area contributed by atoms with Gasteiger partial charge in [-0.05, 0) is 70.6 Å². The SMILES string of the molecule is CC/C=C\C/C=C\C/C=C\C/C=C\C/C=C\C/C=C\CCCCCCCCCCCCCCCCCCC(=O)NC(COC1OC(CO)C(OC2OC(CO)C(O)C(O)C2O)C(O)C1O)C(O)/C=C/CCCCCCCCCCCCCCCCCCCCCCCCCC. The molecule has 2 saturated heterocycles. The van der Waals surface area contributed by atoms with Crippen molar-refractivity contribution in [1.82, 2.24) is 5.32 Å². The lowest BCUT2D eigenvalue weighted by Gasteiger charge is -2.46. The number of carbonyl (C=O) groups excluding carboxylic acids is 1. The summed E-state index contributed by atoms with van der Waals surface area (Å²) in [5.41, 5.74) is 0. The standard InChI is InChI=1S/C81H145NO13/c1-3-5-7-9-11-13-15-17-19-21-23-25-27-29-31-32-33-34-35-36-37-38-39-41-43-45-47-49-51-53-55-57-59-61-63-65-73(86)82-69(68-92-80-78(91)76(89)79(72(67-84)94-80)95-81-77(90)75(88)74(87)71(66-83)93-81)70(85)64-62-60-58-56-54-52-50-48-46-44-42-40-30-28-26-24-22-20-18-16-14-12-10-8-6-4-2/h5,7,11,13,17,19,23,25,29,31,33-34,62,64,69-72,74-81,83-85,87-91H,3-4,6,8-10,12,14-16,18,20-22,24,26-28,30,32,35-61,63,65-68H2,1-2H3,(H,82,86)/b7-5-,13-11-,19-17-,25-23-,31-29-,34-33-,64-62+. The van der Waals surface area contributed by atoms with Gasteiger partial charge in [-0.2, -0.15) is 0 Å². The molecule has 0 spiro atoms. The highest BCUT2D eigenvalue weighted by molar-refractivity contribution is 5.76. The van der Waals surface area contributed by atoms with Gasteiger partial charge in [0, 0.05) is 6.42 Å². The molecule has 0 aliphatic carbocycles. The van der Waals surface area contributed by atoms with E-state index in [2.05, 4.69) is 92.1 Å². The van der Waals surface area contributed by atoms with Crippen molar-refractivity contribution in [1.29, 1.82) is 0 Å². The minimum absolute atomic E-state index is 0.237. The molecule has 1 amide bonds. The van der Waals surface area contributed by atoms with E-state index in [1.54, 1.807) is 6.08 Å². The summed E-state index contributed by atoms with van der Waals surface area (Å²) in [4.78, 5) is 13.4. The Morgan fingerprint density at radius 2 is 0.726 bits per heavy atom. The van der Waals surface area contributed by atoms with Gasteiger partial charge in [0.05, 0.1) is 32.0 Å². The Balaban J connectivity index is 1.62. The zero-order valence-corrected chi connectivity index (χ0v) is 60.4. The predicted molar refractivity (Wildman–Crippen MR) is 392 cm³/mol. The predicted octanol–water partition coefficient (Wildman–Crippen LogP) is 17.5. The smallest absolute Gasteiger partial charge is 0.220 e. The number of unbranched alkanes of at least 4 members (excludes halogenated alkanes) is 40. The van der Waals surface area contributed by atoms with E-state index in [4.69, 9.17) is 18.9 Å². The minimum atomic E-state index is -1.79. The third-order valence-corrected chi connectivity index (χ3v) is 18.8. The normalized spacial score (nSPS) is 22.8. The summed E-state index contributed by atoms with van der Waals surface area (Å²) in [6.45, 7) is 2.73. The maximum Gasteiger partial charge on any atom is 0.220 e. The molecule has 0 radical (unpaired) electrons. The van der Waals surface area contributed by atoms with Crippen molar-refractivity contribution >= 4 is 5.91 Å². The first-order chi connectivity index (χ1) is 46.6. The number of aliphatic hydroxyl groups excluding tert-OH is 8. The molecule has 0 saturated carbocycles. The quantitative estimate of drug-likeness (QED) is 0.0204. The van der Waals surface area contributed by atoms with Gasteiger partial charge in [0.1, 0.15) is 48.8 Å². The molecule has 0 bridgehead atoms. The number of nitrogens with one attached hydrogen (secondary N) is 1. The van der Waals surface area contributed by atoms with Crippen LogP contribution >= 0.6 is 0 Å². The highest BCUT2D eigenvalue weighted by atomic mass is 16.7. The minimum Gasteiger partial charge on any atom is -0.394 e. The van der Waals surface area contributed by atoms with E-state index in [-0.39, 0.29) is 18.9 Å². The Kier molecular flexibility index (Phi) is 60.0. The zero-order valence-electron chi connectivity index (χ0n) is 60.4. The molecule has 0 aromatic heterocycles. The second-order valence-corrected chi connectivity index (χ2v) is 27.5. The summed E-state index contributed by atoms with van der Waals surface area (Å²) >= 11 is 0. The molecule has 2 rings (SSSR count). The van der Waals surface area contributed by atoms with Crippen LogP contribution in [0.5, 0.6) is 0 Å². The molecular formula is C81H145NO13.